The number of imide groups is 1. The zero-order chi connectivity index (χ0) is 24.8. The number of nitrogens with zero attached hydrogens (tertiary/aromatic N) is 1. The van der Waals surface area contributed by atoms with Crippen LogP contribution in [-0.2, 0) is 14.4 Å². The molecule has 0 spiro atoms. The Morgan fingerprint density at radius 2 is 1.80 bits per heavy atom. The molecule has 184 valence electrons. The van der Waals surface area contributed by atoms with Crippen LogP contribution in [0.15, 0.2) is 28.0 Å². The Hall–Kier alpha value is -2.79. The highest BCUT2D eigenvalue weighted by Crippen LogP contribution is 2.68. The third-order valence-electron chi connectivity index (χ3n) is 8.27. The van der Waals surface area contributed by atoms with Crippen LogP contribution in [0.3, 0.4) is 0 Å². The molecule has 2 aliphatic heterocycles. The van der Waals surface area contributed by atoms with Crippen LogP contribution in [0.25, 0.3) is 0 Å². The summed E-state index contributed by atoms with van der Waals surface area (Å²) in [6.07, 6.45) is 0.743. The molecule has 2 aliphatic carbocycles. The summed E-state index contributed by atoms with van der Waals surface area (Å²) >= 11 is 2.78. The van der Waals surface area contributed by atoms with Gasteiger partial charge in [0.15, 0.2) is 11.5 Å². The largest absolute Gasteiger partial charge is 0.493 e. The normalized spacial score (nSPS) is 33.3. The summed E-state index contributed by atoms with van der Waals surface area (Å²) in [5, 5.41) is 10.3. The van der Waals surface area contributed by atoms with Crippen molar-refractivity contribution >= 4 is 40.9 Å². The number of carbonyl (C=O) groups is 3. The number of nitrogens with one attached hydrogen (secondary N) is 1. The molecule has 1 aromatic heterocycles. The van der Waals surface area contributed by atoms with Gasteiger partial charge in [-0.15, -0.1) is 11.8 Å². The number of H-pyrrole nitrogens is 1. The zero-order valence-corrected chi connectivity index (χ0v) is 20.9. The van der Waals surface area contributed by atoms with Gasteiger partial charge in [0.1, 0.15) is 6.04 Å². The van der Waals surface area contributed by atoms with E-state index in [0.29, 0.717) is 11.5 Å². The molecule has 0 radical (unpaired) electrons. The SMILES string of the molecule is COc1ccc([C@@H]2c3sc(=O)[nH]c3S[C@@H]3[C@H]4C[C@@H]([C@@H]5C(=O)N([C@H](C)C(=O)O)C(=O)[C@H]45)[C@H]23)cc1OC. The van der Waals surface area contributed by atoms with Crippen molar-refractivity contribution in [1.82, 2.24) is 9.88 Å². The lowest BCUT2D eigenvalue weighted by molar-refractivity contribution is -0.154. The van der Waals surface area contributed by atoms with Gasteiger partial charge in [0.25, 0.3) is 0 Å². The Labute approximate surface area is 208 Å². The van der Waals surface area contributed by atoms with Crippen molar-refractivity contribution in [2.24, 2.45) is 29.6 Å². The number of carboxylic acid groups (broad SMARTS) is 1. The molecule has 2 bridgehead atoms. The highest BCUT2D eigenvalue weighted by Gasteiger charge is 2.70. The number of carbonyl (C=O) groups excluding carboxylic acids is 2. The van der Waals surface area contributed by atoms with Gasteiger partial charge in [0, 0.05) is 16.0 Å². The first-order chi connectivity index (χ1) is 16.8. The van der Waals surface area contributed by atoms with Gasteiger partial charge in [-0.05, 0) is 48.8 Å². The number of ether oxygens (including phenoxy) is 2. The second-order valence-corrected chi connectivity index (χ2v) is 11.8. The van der Waals surface area contributed by atoms with Crippen molar-refractivity contribution in [2.75, 3.05) is 14.2 Å². The third kappa shape index (κ3) is 3.00. The van der Waals surface area contributed by atoms with Crippen LogP contribution in [0.5, 0.6) is 11.5 Å². The van der Waals surface area contributed by atoms with E-state index in [1.807, 2.05) is 18.2 Å². The minimum atomic E-state index is -1.19. The first kappa shape index (κ1) is 22.7. The van der Waals surface area contributed by atoms with Gasteiger partial charge in [-0.3, -0.25) is 19.3 Å². The van der Waals surface area contributed by atoms with E-state index < -0.39 is 23.8 Å². The number of benzene rings is 1. The number of carboxylic acids is 1. The van der Waals surface area contributed by atoms with Crippen molar-refractivity contribution in [3.05, 3.63) is 38.3 Å². The van der Waals surface area contributed by atoms with Crippen molar-refractivity contribution in [3.63, 3.8) is 0 Å². The maximum absolute atomic E-state index is 13.4. The van der Waals surface area contributed by atoms with E-state index in [1.54, 1.807) is 26.0 Å². The van der Waals surface area contributed by atoms with Crippen LogP contribution >= 0.6 is 23.1 Å². The minimum Gasteiger partial charge on any atom is -0.493 e. The molecule has 2 N–H and O–H groups in total. The van der Waals surface area contributed by atoms with Crippen molar-refractivity contribution in [2.45, 2.75) is 35.6 Å². The molecular formula is C24H24N2O7S2. The molecule has 2 aromatic rings. The number of amides is 2. The third-order valence-corrected chi connectivity index (χ3v) is 10.9. The van der Waals surface area contributed by atoms with E-state index in [-0.39, 0.29) is 45.6 Å². The molecule has 3 fully saturated rings. The zero-order valence-electron chi connectivity index (χ0n) is 19.2. The van der Waals surface area contributed by atoms with Gasteiger partial charge in [0.05, 0.1) is 31.1 Å². The van der Waals surface area contributed by atoms with E-state index in [2.05, 4.69) is 4.98 Å². The topological polar surface area (TPSA) is 126 Å². The smallest absolute Gasteiger partial charge is 0.326 e. The molecular weight excluding hydrogens is 492 g/mol. The lowest BCUT2D eigenvalue weighted by Gasteiger charge is -2.43. The molecule has 3 heterocycles. The van der Waals surface area contributed by atoms with Gasteiger partial charge >= 0.3 is 10.8 Å². The number of methoxy groups -OCH3 is 2. The van der Waals surface area contributed by atoms with Gasteiger partial charge in [0.2, 0.25) is 11.8 Å². The lowest BCUT2D eigenvalue weighted by Crippen LogP contribution is -2.44. The van der Waals surface area contributed by atoms with Crippen LogP contribution in [0.4, 0.5) is 0 Å². The summed E-state index contributed by atoms with van der Waals surface area (Å²) in [7, 11) is 3.15. The van der Waals surface area contributed by atoms with E-state index in [4.69, 9.17) is 9.47 Å². The number of likely N-dealkylation sites (tertiary alicyclic amines) is 1. The van der Waals surface area contributed by atoms with Crippen LogP contribution in [0, 0.1) is 29.6 Å². The Balaban J connectivity index is 1.46. The first-order valence-electron chi connectivity index (χ1n) is 11.5. The monoisotopic (exact) mass is 516 g/mol. The summed E-state index contributed by atoms with van der Waals surface area (Å²) in [5.74, 6) is -2.01. The predicted octanol–water partition coefficient (Wildman–Crippen LogP) is 2.40. The first-order valence-corrected chi connectivity index (χ1v) is 13.2. The van der Waals surface area contributed by atoms with Gasteiger partial charge in [-0.1, -0.05) is 17.4 Å². The number of hydrogen-bond acceptors (Lipinski definition) is 8. The Morgan fingerprint density at radius 3 is 2.46 bits per heavy atom. The van der Waals surface area contributed by atoms with Crippen molar-refractivity contribution < 1.29 is 29.0 Å². The quantitative estimate of drug-likeness (QED) is 0.581. The molecule has 2 amide bonds. The summed E-state index contributed by atoms with van der Waals surface area (Å²) in [5.41, 5.74) is 0.964. The van der Waals surface area contributed by atoms with Crippen LogP contribution < -0.4 is 14.3 Å². The summed E-state index contributed by atoms with van der Waals surface area (Å²) < 4.78 is 10.9. The van der Waals surface area contributed by atoms with Crippen LogP contribution in [-0.4, -0.2) is 58.3 Å². The highest BCUT2D eigenvalue weighted by molar-refractivity contribution is 8.00. The van der Waals surface area contributed by atoms with Crippen LogP contribution in [0.1, 0.15) is 29.7 Å². The minimum absolute atomic E-state index is 0.0279. The van der Waals surface area contributed by atoms with E-state index in [1.165, 1.54) is 18.3 Å². The maximum Gasteiger partial charge on any atom is 0.326 e. The maximum atomic E-state index is 13.4. The molecule has 6 rings (SSSR count). The second kappa shape index (κ2) is 7.86. The van der Waals surface area contributed by atoms with E-state index in [9.17, 15) is 24.3 Å². The average molecular weight is 517 g/mol. The Morgan fingerprint density at radius 1 is 1.11 bits per heavy atom. The molecule has 8 atom stereocenters. The predicted molar refractivity (Wildman–Crippen MR) is 127 cm³/mol. The number of aliphatic carboxylic acids is 1. The van der Waals surface area contributed by atoms with Crippen molar-refractivity contribution in [1.29, 1.82) is 0 Å². The van der Waals surface area contributed by atoms with Gasteiger partial charge in [-0.25, -0.2) is 4.79 Å². The Kier molecular flexibility index (Phi) is 5.09. The number of aromatic nitrogens is 1. The fourth-order valence-electron chi connectivity index (χ4n) is 6.95. The lowest BCUT2D eigenvalue weighted by atomic mass is 9.68. The van der Waals surface area contributed by atoms with E-state index >= 15 is 0 Å². The van der Waals surface area contributed by atoms with Crippen molar-refractivity contribution in [3.8, 4) is 11.5 Å². The molecule has 9 nitrogen and oxygen atoms in total. The second-order valence-electron chi connectivity index (χ2n) is 9.64. The number of aromatic amines is 1. The molecule has 1 aromatic carbocycles. The van der Waals surface area contributed by atoms with Gasteiger partial charge in [-0.2, -0.15) is 0 Å². The number of thiazole rings is 1. The molecule has 0 unspecified atom stereocenters. The summed E-state index contributed by atoms with van der Waals surface area (Å²) in [4.78, 5) is 55.5. The Bertz CT molecular complexity index is 1320. The number of thioether (sulfide) groups is 1. The molecule has 11 heteroatoms. The fraction of sp³-hybridized carbons (Fsp3) is 0.500. The number of rotatable bonds is 5. The molecule has 2 saturated carbocycles. The average Bonchev–Trinajstić information content (AvgIpc) is 3.56. The summed E-state index contributed by atoms with van der Waals surface area (Å²) in [6.45, 7) is 1.39. The number of hydrogen-bond donors (Lipinski definition) is 2. The molecule has 4 aliphatic rings. The number of fused-ring (bicyclic) bond motifs is 9. The molecule has 35 heavy (non-hydrogen) atoms. The molecule has 1 saturated heterocycles. The summed E-state index contributed by atoms with van der Waals surface area (Å²) in [6, 6.07) is 4.55. The standard InChI is InChI=1S/C24H24N2O7S2/c1-8(23(29)30)26-21(27)16-10-7-11(17(16)22(26)28)18-15(10)14(19-20(34-18)25-24(31)35-19)9-4-5-12(32-2)13(6-9)33-3/h4-6,8,10-11,14-18H,7H2,1-3H3,(H,25,31)(H,29,30)/t8-,10-,11+,14+,15-,16+,17-,18-/m1/s1. The highest BCUT2D eigenvalue weighted by atomic mass is 32.2. The van der Waals surface area contributed by atoms with Crippen LogP contribution in [0.2, 0.25) is 0 Å². The van der Waals surface area contributed by atoms with E-state index in [0.717, 1.165) is 26.8 Å². The fourth-order valence-corrected chi connectivity index (χ4v) is 9.84. The van der Waals surface area contributed by atoms with Gasteiger partial charge < -0.3 is 19.6 Å².